The molecule has 166 valence electrons. The van der Waals surface area contributed by atoms with Gasteiger partial charge in [-0.2, -0.15) is 0 Å². The molecular weight excluding hydrogens is 402 g/mol. The molecule has 1 saturated carbocycles. The molecule has 9 heteroatoms. The predicted molar refractivity (Wildman–Crippen MR) is 109 cm³/mol. The Morgan fingerprint density at radius 3 is 2.23 bits per heavy atom. The van der Waals surface area contributed by atoms with Gasteiger partial charge in [-0.3, -0.25) is 29.4 Å². The minimum absolute atomic E-state index is 0.0374. The molecule has 2 heterocycles. The number of nitrogens with zero attached hydrogens (tertiary/aromatic N) is 3. The van der Waals surface area contributed by atoms with Gasteiger partial charge in [0.25, 0.3) is 0 Å². The van der Waals surface area contributed by atoms with Gasteiger partial charge < -0.3 is 9.32 Å². The molecule has 2 aliphatic carbocycles. The third-order valence-corrected chi connectivity index (χ3v) is 6.64. The molecule has 0 radical (unpaired) electrons. The SMILES string of the molecule is CCCN(CCC)C(=O)CC(c1ccc([N+](=O)[O-])o1)N1C(=O)C2C3C=CC(C3)C2C1=O. The van der Waals surface area contributed by atoms with Gasteiger partial charge in [0.1, 0.15) is 16.7 Å². The number of furan rings is 1. The van der Waals surface area contributed by atoms with Crippen molar-refractivity contribution >= 4 is 23.6 Å². The lowest BCUT2D eigenvalue weighted by atomic mass is 9.85. The van der Waals surface area contributed by atoms with Gasteiger partial charge >= 0.3 is 5.88 Å². The molecule has 4 rings (SSSR count). The minimum Gasteiger partial charge on any atom is -0.404 e. The zero-order chi connectivity index (χ0) is 22.3. The van der Waals surface area contributed by atoms with Crippen LogP contribution < -0.4 is 0 Å². The third-order valence-electron chi connectivity index (χ3n) is 6.64. The van der Waals surface area contributed by atoms with Crippen LogP contribution in [0.3, 0.4) is 0 Å². The Kier molecular flexibility index (Phi) is 5.68. The van der Waals surface area contributed by atoms with Gasteiger partial charge in [-0.05, 0) is 37.2 Å². The summed E-state index contributed by atoms with van der Waals surface area (Å²) in [5, 5.41) is 11.1. The van der Waals surface area contributed by atoms with Crippen LogP contribution in [-0.2, 0) is 14.4 Å². The van der Waals surface area contributed by atoms with Crippen molar-refractivity contribution < 1.29 is 23.7 Å². The average molecular weight is 429 g/mol. The van der Waals surface area contributed by atoms with Crippen LogP contribution in [0.4, 0.5) is 5.88 Å². The maximum Gasteiger partial charge on any atom is 0.433 e. The highest BCUT2D eigenvalue weighted by Gasteiger charge is 2.61. The second kappa shape index (κ2) is 8.28. The number of hydrogen-bond acceptors (Lipinski definition) is 6. The van der Waals surface area contributed by atoms with E-state index in [1.54, 1.807) is 4.90 Å². The summed E-state index contributed by atoms with van der Waals surface area (Å²) in [6, 6.07) is 1.60. The first-order valence-electron chi connectivity index (χ1n) is 10.9. The van der Waals surface area contributed by atoms with Crippen LogP contribution in [-0.4, -0.2) is 45.5 Å². The maximum absolute atomic E-state index is 13.3. The van der Waals surface area contributed by atoms with E-state index in [0.717, 1.165) is 24.2 Å². The minimum atomic E-state index is -0.984. The number of likely N-dealkylation sites (tertiary alicyclic amines) is 1. The quantitative estimate of drug-likeness (QED) is 0.258. The van der Waals surface area contributed by atoms with Gasteiger partial charge in [0.05, 0.1) is 24.3 Å². The Morgan fingerprint density at radius 1 is 1.16 bits per heavy atom. The van der Waals surface area contributed by atoms with Crippen LogP contribution in [0.1, 0.15) is 51.3 Å². The van der Waals surface area contributed by atoms with E-state index in [-0.39, 0.29) is 41.7 Å². The molecule has 0 aromatic carbocycles. The monoisotopic (exact) mass is 429 g/mol. The van der Waals surface area contributed by atoms with E-state index in [4.69, 9.17) is 4.42 Å². The molecular formula is C22H27N3O6. The van der Waals surface area contributed by atoms with Gasteiger partial charge in [-0.1, -0.05) is 26.0 Å². The summed E-state index contributed by atoms with van der Waals surface area (Å²) >= 11 is 0. The fourth-order valence-electron chi connectivity index (χ4n) is 5.37. The summed E-state index contributed by atoms with van der Waals surface area (Å²) in [6.45, 7) is 5.08. The van der Waals surface area contributed by atoms with Gasteiger partial charge in [0.2, 0.25) is 17.7 Å². The molecule has 31 heavy (non-hydrogen) atoms. The van der Waals surface area contributed by atoms with Crippen LogP contribution in [0.25, 0.3) is 0 Å². The van der Waals surface area contributed by atoms with E-state index in [1.165, 1.54) is 12.1 Å². The van der Waals surface area contributed by atoms with E-state index in [0.29, 0.717) is 13.1 Å². The molecule has 1 aliphatic heterocycles. The standard InChI is InChI=1S/C22H27N3O6/c1-3-9-23(10-4-2)17(26)12-15(16-7-8-18(31-16)25(29)30)24-21(27)19-13-5-6-14(11-13)20(19)22(24)28/h5-8,13-15,19-20H,3-4,9-12H2,1-2H3. The van der Waals surface area contributed by atoms with Gasteiger partial charge in [0, 0.05) is 13.1 Å². The van der Waals surface area contributed by atoms with Crippen LogP contribution in [0.2, 0.25) is 0 Å². The van der Waals surface area contributed by atoms with E-state index in [1.807, 2.05) is 26.0 Å². The number of allylic oxidation sites excluding steroid dienone is 2. The molecule has 2 bridgehead atoms. The summed E-state index contributed by atoms with van der Waals surface area (Å²) in [7, 11) is 0. The lowest BCUT2D eigenvalue weighted by Crippen LogP contribution is -2.40. The summed E-state index contributed by atoms with van der Waals surface area (Å²) < 4.78 is 5.38. The van der Waals surface area contributed by atoms with Gasteiger partial charge in [-0.25, -0.2) is 0 Å². The fraction of sp³-hybridized carbons (Fsp3) is 0.591. The Morgan fingerprint density at radius 2 is 1.74 bits per heavy atom. The molecule has 0 N–H and O–H groups in total. The van der Waals surface area contributed by atoms with Crippen LogP contribution >= 0.6 is 0 Å². The zero-order valence-corrected chi connectivity index (χ0v) is 17.7. The van der Waals surface area contributed by atoms with Crippen LogP contribution in [0.5, 0.6) is 0 Å². The number of carbonyl (C=O) groups is 3. The molecule has 0 spiro atoms. The molecule has 2 fully saturated rings. The Balaban J connectivity index is 1.66. The molecule has 5 unspecified atom stereocenters. The zero-order valence-electron chi connectivity index (χ0n) is 17.7. The molecule has 1 aromatic heterocycles. The first kappa shape index (κ1) is 21.3. The van der Waals surface area contributed by atoms with Crippen molar-refractivity contribution in [3.05, 3.63) is 40.2 Å². The summed E-state index contributed by atoms with van der Waals surface area (Å²) in [5.41, 5.74) is 0. The second-order valence-electron chi connectivity index (χ2n) is 8.58. The highest BCUT2D eigenvalue weighted by molar-refractivity contribution is 6.07. The van der Waals surface area contributed by atoms with E-state index in [2.05, 4.69) is 0 Å². The Hall–Kier alpha value is -2.97. The summed E-state index contributed by atoms with van der Waals surface area (Å²) in [4.78, 5) is 53.0. The van der Waals surface area contributed by atoms with E-state index >= 15 is 0 Å². The number of imide groups is 1. The Labute approximate surface area is 180 Å². The second-order valence-corrected chi connectivity index (χ2v) is 8.58. The molecule has 3 aliphatic rings. The molecule has 3 amide bonds. The number of fused-ring (bicyclic) bond motifs is 5. The number of rotatable bonds is 9. The Bertz CT molecular complexity index is 901. The normalized spacial score (nSPS) is 27.1. The third kappa shape index (κ3) is 3.55. The van der Waals surface area contributed by atoms with Crippen molar-refractivity contribution in [2.75, 3.05) is 13.1 Å². The number of carbonyl (C=O) groups excluding carboxylic acids is 3. The number of amides is 3. The number of nitro groups is 1. The topological polar surface area (TPSA) is 114 Å². The van der Waals surface area contributed by atoms with Crippen molar-refractivity contribution in [2.45, 2.75) is 45.6 Å². The van der Waals surface area contributed by atoms with Crippen molar-refractivity contribution in [2.24, 2.45) is 23.7 Å². The van der Waals surface area contributed by atoms with Crippen molar-refractivity contribution in [1.82, 2.24) is 9.80 Å². The fourth-order valence-corrected chi connectivity index (χ4v) is 5.37. The van der Waals surface area contributed by atoms with E-state index in [9.17, 15) is 24.5 Å². The lowest BCUT2D eigenvalue weighted by Gasteiger charge is -2.29. The smallest absolute Gasteiger partial charge is 0.404 e. The van der Waals surface area contributed by atoms with E-state index < -0.39 is 28.7 Å². The summed E-state index contributed by atoms with van der Waals surface area (Å²) in [6.07, 6.45) is 6.22. The molecule has 1 aromatic rings. The van der Waals surface area contributed by atoms with Crippen molar-refractivity contribution in [1.29, 1.82) is 0 Å². The first-order valence-corrected chi connectivity index (χ1v) is 10.9. The highest BCUT2D eigenvalue weighted by atomic mass is 16.6. The first-order chi connectivity index (χ1) is 14.9. The molecule has 9 nitrogen and oxygen atoms in total. The van der Waals surface area contributed by atoms with Crippen molar-refractivity contribution in [3.8, 4) is 0 Å². The van der Waals surface area contributed by atoms with Crippen molar-refractivity contribution in [3.63, 3.8) is 0 Å². The molecule has 1 saturated heterocycles. The van der Waals surface area contributed by atoms with Gasteiger partial charge in [0.15, 0.2) is 0 Å². The lowest BCUT2D eigenvalue weighted by molar-refractivity contribution is -0.402. The van der Waals surface area contributed by atoms with Gasteiger partial charge in [-0.15, -0.1) is 0 Å². The highest BCUT2D eigenvalue weighted by Crippen LogP contribution is 2.54. The largest absolute Gasteiger partial charge is 0.433 e. The summed E-state index contributed by atoms with van der Waals surface area (Å²) in [5.74, 6) is -1.94. The van der Waals surface area contributed by atoms with Crippen LogP contribution in [0, 0.1) is 33.8 Å². The average Bonchev–Trinajstić information content (AvgIpc) is 3.50. The molecule has 5 atom stereocenters. The van der Waals surface area contributed by atoms with Crippen LogP contribution in [0.15, 0.2) is 28.7 Å². The number of hydrogen-bond donors (Lipinski definition) is 0. The predicted octanol–water partition coefficient (Wildman–Crippen LogP) is 3.07. The maximum atomic E-state index is 13.3.